The number of halogens is 3. The molecule has 0 fully saturated rings. The Morgan fingerprint density at radius 2 is 2.05 bits per heavy atom. The van der Waals surface area contributed by atoms with Crippen LogP contribution in [0.3, 0.4) is 0 Å². The third-order valence-electron chi connectivity index (χ3n) is 2.04. The highest BCUT2D eigenvalue weighted by molar-refractivity contribution is 5.93. The minimum absolute atomic E-state index is 0. The van der Waals surface area contributed by atoms with Gasteiger partial charge in [-0.05, 0) is 6.07 Å². The molecule has 110 valence electrons. The lowest BCUT2D eigenvalue weighted by atomic mass is 10.2. The van der Waals surface area contributed by atoms with Crippen LogP contribution in [0.15, 0.2) is 18.5 Å². The summed E-state index contributed by atoms with van der Waals surface area (Å²) in [6, 6.07) is 1.15. The first-order valence-corrected chi connectivity index (χ1v) is 5.32. The van der Waals surface area contributed by atoms with Crippen molar-refractivity contribution in [1.82, 2.24) is 15.6 Å². The maximum Gasteiger partial charge on any atom is 0.252 e. The predicted molar refractivity (Wildman–Crippen MR) is 75.8 cm³/mol. The van der Waals surface area contributed by atoms with E-state index >= 15 is 0 Å². The average molecular weight is 314 g/mol. The highest BCUT2D eigenvalue weighted by Crippen LogP contribution is 1.99. The lowest BCUT2D eigenvalue weighted by Gasteiger charge is -2.06. The number of ether oxygens (including phenoxy) is 1. The van der Waals surface area contributed by atoms with Gasteiger partial charge in [-0.25, -0.2) is 4.39 Å². The lowest BCUT2D eigenvalue weighted by molar-refractivity contribution is 0.0953. The van der Waals surface area contributed by atoms with Gasteiger partial charge in [0, 0.05) is 32.9 Å². The number of carbonyl (C=O) groups is 1. The SMILES string of the molecule is COCCNCCNC(=O)c1cncc(F)c1.Cl.Cl. The predicted octanol–water partition coefficient (Wildman–Crippen LogP) is 1.03. The zero-order valence-electron chi connectivity index (χ0n) is 10.5. The van der Waals surface area contributed by atoms with E-state index in [0.717, 1.165) is 18.8 Å². The maximum absolute atomic E-state index is 12.8. The minimum atomic E-state index is -0.518. The Bertz CT molecular complexity index is 370. The summed E-state index contributed by atoms with van der Waals surface area (Å²) < 4.78 is 17.6. The Morgan fingerprint density at radius 1 is 1.32 bits per heavy atom. The van der Waals surface area contributed by atoms with E-state index in [-0.39, 0.29) is 36.3 Å². The normalized spacial score (nSPS) is 9.16. The molecule has 1 aromatic heterocycles. The topological polar surface area (TPSA) is 63.2 Å². The van der Waals surface area contributed by atoms with Gasteiger partial charge in [0.2, 0.25) is 0 Å². The summed E-state index contributed by atoms with van der Waals surface area (Å²) in [6.45, 7) is 2.46. The molecule has 0 radical (unpaired) electrons. The molecule has 0 saturated carbocycles. The van der Waals surface area contributed by atoms with Crippen LogP contribution >= 0.6 is 24.8 Å². The molecule has 2 N–H and O–H groups in total. The lowest BCUT2D eigenvalue weighted by Crippen LogP contribution is -2.33. The molecule has 8 heteroatoms. The van der Waals surface area contributed by atoms with Gasteiger partial charge in [0.05, 0.1) is 18.4 Å². The second kappa shape index (κ2) is 12.1. The summed E-state index contributed by atoms with van der Waals surface area (Å²) in [5.41, 5.74) is 0.224. The number of methoxy groups -OCH3 is 1. The number of hydrogen-bond donors (Lipinski definition) is 2. The molecular formula is C11H18Cl2FN3O2. The average Bonchev–Trinajstić information content (AvgIpc) is 2.33. The van der Waals surface area contributed by atoms with Crippen LogP contribution in [0.4, 0.5) is 4.39 Å². The number of amides is 1. The van der Waals surface area contributed by atoms with Crippen molar-refractivity contribution in [3.05, 3.63) is 29.8 Å². The van der Waals surface area contributed by atoms with Crippen molar-refractivity contribution in [3.8, 4) is 0 Å². The van der Waals surface area contributed by atoms with Crippen molar-refractivity contribution in [2.45, 2.75) is 0 Å². The van der Waals surface area contributed by atoms with Gasteiger partial charge in [0.1, 0.15) is 5.82 Å². The fourth-order valence-corrected chi connectivity index (χ4v) is 1.20. The van der Waals surface area contributed by atoms with Crippen LogP contribution in [0.25, 0.3) is 0 Å². The van der Waals surface area contributed by atoms with Gasteiger partial charge in [-0.1, -0.05) is 0 Å². The summed E-state index contributed by atoms with van der Waals surface area (Å²) in [6.07, 6.45) is 2.39. The summed E-state index contributed by atoms with van der Waals surface area (Å²) in [7, 11) is 1.63. The van der Waals surface area contributed by atoms with Crippen molar-refractivity contribution in [1.29, 1.82) is 0 Å². The number of carbonyl (C=O) groups excluding carboxylic acids is 1. The Balaban J connectivity index is 0. The van der Waals surface area contributed by atoms with Crippen LogP contribution < -0.4 is 10.6 Å². The zero-order chi connectivity index (χ0) is 12.5. The van der Waals surface area contributed by atoms with Crippen molar-refractivity contribution in [3.63, 3.8) is 0 Å². The van der Waals surface area contributed by atoms with Crippen LogP contribution in [-0.2, 0) is 4.74 Å². The standard InChI is InChI=1S/C11H16FN3O2.2ClH/c1-17-5-4-13-2-3-15-11(16)9-6-10(12)8-14-7-9;;/h6-8,13H,2-5H2,1H3,(H,15,16);2*1H. The molecule has 1 amide bonds. The van der Waals surface area contributed by atoms with Crippen molar-refractivity contribution in [2.75, 3.05) is 33.4 Å². The van der Waals surface area contributed by atoms with E-state index in [1.54, 1.807) is 7.11 Å². The number of rotatable bonds is 7. The molecule has 0 atom stereocenters. The molecule has 1 heterocycles. The molecule has 0 aliphatic carbocycles. The van der Waals surface area contributed by atoms with Gasteiger partial charge < -0.3 is 15.4 Å². The molecule has 0 spiro atoms. The third-order valence-corrected chi connectivity index (χ3v) is 2.04. The van der Waals surface area contributed by atoms with Gasteiger partial charge in [-0.2, -0.15) is 0 Å². The molecule has 0 aliphatic rings. The first-order chi connectivity index (χ1) is 8.24. The number of nitrogens with one attached hydrogen (secondary N) is 2. The molecular weight excluding hydrogens is 296 g/mol. The van der Waals surface area contributed by atoms with E-state index in [0.29, 0.717) is 19.7 Å². The van der Waals surface area contributed by atoms with Gasteiger partial charge >= 0.3 is 0 Å². The summed E-state index contributed by atoms with van der Waals surface area (Å²) >= 11 is 0. The van der Waals surface area contributed by atoms with Crippen molar-refractivity contribution >= 4 is 30.7 Å². The monoisotopic (exact) mass is 313 g/mol. The van der Waals surface area contributed by atoms with Crippen molar-refractivity contribution in [2.24, 2.45) is 0 Å². The maximum atomic E-state index is 12.8. The zero-order valence-corrected chi connectivity index (χ0v) is 12.2. The molecule has 0 saturated heterocycles. The van der Waals surface area contributed by atoms with E-state index in [2.05, 4.69) is 15.6 Å². The van der Waals surface area contributed by atoms with Gasteiger partial charge in [0.25, 0.3) is 5.91 Å². The molecule has 1 rings (SSSR count). The van der Waals surface area contributed by atoms with E-state index in [9.17, 15) is 9.18 Å². The van der Waals surface area contributed by atoms with Crippen LogP contribution in [0.2, 0.25) is 0 Å². The molecule has 0 unspecified atom stereocenters. The summed E-state index contributed by atoms with van der Waals surface area (Å²) in [5.74, 6) is -0.846. The first-order valence-electron chi connectivity index (χ1n) is 5.32. The largest absolute Gasteiger partial charge is 0.383 e. The van der Waals surface area contributed by atoms with E-state index < -0.39 is 5.82 Å². The van der Waals surface area contributed by atoms with Crippen LogP contribution in [-0.4, -0.2) is 44.2 Å². The van der Waals surface area contributed by atoms with Crippen LogP contribution in [0, 0.1) is 5.82 Å². The second-order valence-electron chi connectivity index (χ2n) is 3.39. The van der Waals surface area contributed by atoms with E-state index in [1.165, 1.54) is 6.20 Å². The first kappa shape index (κ1) is 20.4. The number of nitrogens with zero attached hydrogens (tertiary/aromatic N) is 1. The Labute approximate surface area is 124 Å². The third kappa shape index (κ3) is 8.72. The number of pyridine rings is 1. The van der Waals surface area contributed by atoms with Crippen molar-refractivity contribution < 1.29 is 13.9 Å². The molecule has 5 nitrogen and oxygen atoms in total. The minimum Gasteiger partial charge on any atom is -0.383 e. The molecule has 0 bridgehead atoms. The van der Waals surface area contributed by atoms with Gasteiger partial charge in [-0.3, -0.25) is 9.78 Å². The molecule has 0 aliphatic heterocycles. The van der Waals surface area contributed by atoms with Gasteiger partial charge in [0.15, 0.2) is 0 Å². The smallest absolute Gasteiger partial charge is 0.252 e. The quantitative estimate of drug-likeness (QED) is 0.738. The van der Waals surface area contributed by atoms with Crippen LogP contribution in [0.1, 0.15) is 10.4 Å². The summed E-state index contributed by atoms with van der Waals surface area (Å²) in [5, 5.41) is 5.73. The fraction of sp³-hybridized carbons (Fsp3) is 0.455. The van der Waals surface area contributed by atoms with E-state index in [1.807, 2.05) is 0 Å². The molecule has 0 aromatic carbocycles. The molecule has 19 heavy (non-hydrogen) atoms. The Kier molecular flexibility index (Phi) is 13.0. The van der Waals surface area contributed by atoms with Crippen LogP contribution in [0.5, 0.6) is 0 Å². The highest BCUT2D eigenvalue weighted by Gasteiger charge is 2.05. The molecule has 1 aromatic rings. The number of hydrogen-bond acceptors (Lipinski definition) is 4. The van der Waals surface area contributed by atoms with E-state index in [4.69, 9.17) is 4.74 Å². The summed E-state index contributed by atoms with van der Waals surface area (Å²) in [4.78, 5) is 15.1. The fourth-order valence-electron chi connectivity index (χ4n) is 1.20. The number of aromatic nitrogens is 1. The Hall–Kier alpha value is -0.950. The van der Waals surface area contributed by atoms with Gasteiger partial charge in [-0.15, -0.1) is 24.8 Å². The Morgan fingerprint density at radius 3 is 2.68 bits per heavy atom. The second-order valence-corrected chi connectivity index (χ2v) is 3.39. The highest BCUT2D eigenvalue weighted by atomic mass is 35.5.